The fourth-order valence-electron chi connectivity index (χ4n) is 2.10. The summed E-state index contributed by atoms with van der Waals surface area (Å²) >= 11 is 0. The number of fused-ring (bicyclic) bond motifs is 1. The SMILES string of the molecule is O=C1NCCCC1Nc1nc2ccccc2[nH]1. The maximum Gasteiger partial charge on any atom is 0.242 e. The maximum atomic E-state index is 11.6. The molecule has 1 aromatic heterocycles. The molecule has 0 saturated carbocycles. The van der Waals surface area contributed by atoms with Gasteiger partial charge in [0, 0.05) is 6.54 Å². The highest BCUT2D eigenvalue weighted by Crippen LogP contribution is 2.15. The van der Waals surface area contributed by atoms with Gasteiger partial charge in [-0.3, -0.25) is 4.79 Å². The molecule has 1 aromatic carbocycles. The third kappa shape index (κ3) is 1.95. The fraction of sp³-hybridized carbons (Fsp3) is 0.333. The molecule has 5 nitrogen and oxygen atoms in total. The van der Waals surface area contributed by atoms with E-state index in [2.05, 4.69) is 20.6 Å². The summed E-state index contributed by atoms with van der Waals surface area (Å²) in [6, 6.07) is 7.63. The minimum atomic E-state index is -0.177. The topological polar surface area (TPSA) is 69.8 Å². The molecule has 1 amide bonds. The van der Waals surface area contributed by atoms with Gasteiger partial charge in [0.15, 0.2) is 0 Å². The fourth-order valence-corrected chi connectivity index (χ4v) is 2.10. The van der Waals surface area contributed by atoms with Crippen LogP contribution >= 0.6 is 0 Å². The highest BCUT2D eigenvalue weighted by Gasteiger charge is 2.22. The molecule has 3 rings (SSSR count). The summed E-state index contributed by atoms with van der Waals surface area (Å²) in [5.41, 5.74) is 1.89. The Bertz CT molecular complexity index is 515. The van der Waals surface area contributed by atoms with Crippen LogP contribution in [0.4, 0.5) is 5.95 Å². The number of H-pyrrole nitrogens is 1. The van der Waals surface area contributed by atoms with E-state index in [9.17, 15) is 4.79 Å². The number of carbonyl (C=O) groups excluding carboxylic acids is 1. The van der Waals surface area contributed by atoms with Gasteiger partial charge in [-0.15, -0.1) is 0 Å². The van der Waals surface area contributed by atoms with Crippen molar-refractivity contribution in [3.05, 3.63) is 24.3 Å². The number of nitrogens with one attached hydrogen (secondary N) is 3. The number of imidazole rings is 1. The first-order valence-electron chi connectivity index (χ1n) is 5.82. The Kier molecular flexibility index (Phi) is 2.44. The number of benzene rings is 1. The predicted molar refractivity (Wildman–Crippen MR) is 65.7 cm³/mol. The molecule has 88 valence electrons. The Labute approximate surface area is 98.6 Å². The number of amides is 1. The van der Waals surface area contributed by atoms with Crippen LogP contribution in [0.3, 0.4) is 0 Å². The van der Waals surface area contributed by atoms with Crippen molar-refractivity contribution in [1.29, 1.82) is 0 Å². The van der Waals surface area contributed by atoms with Crippen LogP contribution in [0.15, 0.2) is 24.3 Å². The summed E-state index contributed by atoms with van der Waals surface area (Å²) in [4.78, 5) is 19.2. The second-order valence-corrected chi connectivity index (χ2v) is 4.23. The predicted octanol–water partition coefficient (Wildman–Crippen LogP) is 1.25. The van der Waals surface area contributed by atoms with Gasteiger partial charge in [0.1, 0.15) is 6.04 Å². The lowest BCUT2D eigenvalue weighted by atomic mass is 10.1. The molecule has 2 aromatic rings. The highest BCUT2D eigenvalue weighted by atomic mass is 16.2. The molecule has 5 heteroatoms. The standard InChI is InChI=1S/C12H14N4O/c17-11-10(6-3-7-13-11)16-12-14-8-4-1-2-5-9(8)15-12/h1-2,4-5,10H,3,6-7H2,(H,13,17)(H2,14,15,16). The van der Waals surface area contributed by atoms with E-state index in [4.69, 9.17) is 0 Å². The molecule has 1 aliphatic heterocycles. The Morgan fingerprint density at radius 1 is 1.35 bits per heavy atom. The normalized spacial score (nSPS) is 20.2. The van der Waals surface area contributed by atoms with Crippen molar-refractivity contribution in [2.75, 3.05) is 11.9 Å². The van der Waals surface area contributed by atoms with Crippen LogP contribution in [0.2, 0.25) is 0 Å². The zero-order valence-corrected chi connectivity index (χ0v) is 9.36. The van der Waals surface area contributed by atoms with Crippen LogP contribution in [-0.4, -0.2) is 28.5 Å². The molecule has 1 aliphatic rings. The van der Waals surface area contributed by atoms with Gasteiger partial charge in [-0.05, 0) is 25.0 Å². The van der Waals surface area contributed by atoms with Gasteiger partial charge in [0.25, 0.3) is 0 Å². The molecule has 1 atom stereocenters. The van der Waals surface area contributed by atoms with Crippen molar-refractivity contribution in [2.45, 2.75) is 18.9 Å². The number of aromatic amines is 1. The first-order valence-corrected chi connectivity index (χ1v) is 5.82. The lowest BCUT2D eigenvalue weighted by Gasteiger charge is -2.22. The highest BCUT2D eigenvalue weighted by molar-refractivity contribution is 5.85. The zero-order chi connectivity index (χ0) is 11.7. The summed E-state index contributed by atoms with van der Waals surface area (Å²) in [7, 11) is 0. The molecule has 17 heavy (non-hydrogen) atoms. The number of hydrogen-bond acceptors (Lipinski definition) is 3. The third-order valence-electron chi connectivity index (χ3n) is 2.99. The van der Waals surface area contributed by atoms with Gasteiger partial charge in [-0.25, -0.2) is 4.98 Å². The molecule has 2 heterocycles. The largest absolute Gasteiger partial charge is 0.354 e. The minimum Gasteiger partial charge on any atom is -0.354 e. The molecule has 1 fully saturated rings. The van der Waals surface area contributed by atoms with Gasteiger partial charge in [-0.2, -0.15) is 0 Å². The van der Waals surface area contributed by atoms with Crippen LogP contribution in [0.25, 0.3) is 11.0 Å². The van der Waals surface area contributed by atoms with E-state index in [1.54, 1.807) is 0 Å². The number of para-hydroxylation sites is 2. The Hall–Kier alpha value is -2.04. The molecule has 0 bridgehead atoms. The van der Waals surface area contributed by atoms with E-state index in [-0.39, 0.29) is 11.9 Å². The number of piperidine rings is 1. The average molecular weight is 230 g/mol. The van der Waals surface area contributed by atoms with Crippen LogP contribution in [0.1, 0.15) is 12.8 Å². The quantitative estimate of drug-likeness (QED) is 0.727. The number of rotatable bonds is 2. The number of aromatic nitrogens is 2. The molecule has 0 spiro atoms. The average Bonchev–Trinajstić information content (AvgIpc) is 2.74. The molecular formula is C12H14N4O. The third-order valence-corrected chi connectivity index (χ3v) is 2.99. The van der Waals surface area contributed by atoms with Gasteiger partial charge in [0.05, 0.1) is 11.0 Å². The van der Waals surface area contributed by atoms with Crippen LogP contribution < -0.4 is 10.6 Å². The summed E-state index contributed by atoms with van der Waals surface area (Å²) < 4.78 is 0. The lowest BCUT2D eigenvalue weighted by Crippen LogP contribution is -2.44. The smallest absolute Gasteiger partial charge is 0.242 e. The van der Waals surface area contributed by atoms with E-state index in [1.165, 1.54) is 0 Å². The van der Waals surface area contributed by atoms with Crippen LogP contribution in [0, 0.1) is 0 Å². The van der Waals surface area contributed by atoms with Gasteiger partial charge in [0.2, 0.25) is 11.9 Å². The zero-order valence-electron chi connectivity index (χ0n) is 9.36. The first-order chi connectivity index (χ1) is 8.33. The number of hydrogen-bond donors (Lipinski definition) is 3. The maximum absolute atomic E-state index is 11.6. The molecule has 1 saturated heterocycles. The van der Waals surface area contributed by atoms with Crippen LogP contribution in [-0.2, 0) is 4.79 Å². The van der Waals surface area contributed by atoms with E-state index in [0.717, 1.165) is 30.4 Å². The van der Waals surface area contributed by atoms with Crippen molar-refractivity contribution in [3.63, 3.8) is 0 Å². The second-order valence-electron chi connectivity index (χ2n) is 4.23. The van der Waals surface area contributed by atoms with Crippen molar-refractivity contribution in [3.8, 4) is 0 Å². The van der Waals surface area contributed by atoms with Crippen molar-refractivity contribution in [1.82, 2.24) is 15.3 Å². The van der Waals surface area contributed by atoms with Crippen molar-refractivity contribution in [2.24, 2.45) is 0 Å². The minimum absolute atomic E-state index is 0.0525. The van der Waals surface area contributed by atoms with Gasteiger partial charge < -0.3 is 15.6 Å². The monoisotopic (exact) mass is 230 g/mol. The van der Waals surface area contributed by atoms with Crippen molar-refractivity contribution < 1.29 is 4.79 Å². The van der Waals surface area contributed by atoms with E-state index in [0.29, 0.717) is 5.95 Å². The number of nitrogens with zero attached hydrogens (tertiary/aromatic N) is 1. The molecule has 0 radical (unpaired) electrons. The van der Waals surface area contributed by atoms with E-state index < -0.39 is 0 Å². The van der Waals surface area contributed by atoms with Crippen LogP contribution in [0.5, 0.6) is 0 Å². The molecule has 0 aliphatic carbocycles. The summed E-state index contributed by atoms with van der Waals surface area (Å²) in [6.45, 7) is 0.775. The lowest BCUT2D eigenvalue weighted by molar-refractivity contribution is -0.123. The van der Waals surface area contributed by atoms with Gasteiger partial charge in [-0.1, -0.05) is 12.1 Å². The summed E-state index contributed by atoms with van der Waals surface area (Å²) in [6.07, 6.45) is 1.85. The molecular weight excluding hydrogens is 216 g/mol. The number of carbonyl (C=O) groups is 1. The Balaban J connectivity index is 1.82. The summed E-state index contributed by atoms with van der Waals surface area (Å²) in [5.74, 6) is 0.713. The second kappa shape index (κ2) is 4.08. The molecule has 1 unspecified atom stereocenters. The van der Waals surface area contributed by atoms with E-state index in [1.807, 2.05) is 24.3 Å². The Morgan fingerprint density at radius 2 is 2.24 bits per heavy atom. The first kappa shape index (κ1) is 10.1. The summed E-state index contributed by atoms with van der Waals surface area (Å²) in [5, 5.41) is 5.98. The van der Waals surface area contributed by atoms with E-state index >= 15 is 0 Å². The number of anilines is 1. The Morgan fingerprint density at radius 3 is 3.06 bits per heavy atom. The molecule has 3 N–H and O–H groups in total. The van der Waals surface area contributed by atoms with Crippen molar-refractivity contribution >= 4 is 22.9 Å². The van der Waals surface area contributed by atoms with Gasteiger partial charge >= 0.3 is 0 Å².